The van der Waals surface area contributed by atoms with Crippen LogP contribution in [0.5, 0.6) is 0 Å². The summed E-state index contributed by atoms with van der Waals surface area (Å²) < 4.78 is 15.2. The van der Waals surface area contributed by atoms with Crippen LogP contribution in [0, 0.1) is 5.82 Å². The molecule has 6 nitrogen and oxygen atoms in total. The number of hydrogen-bond acceptors (Lipinski definition) is 5. The number of carbonyl (C=O) groups is 1. The second-order valence-electron chi connectivity index (χ2n) is 6.73. The van der Waals surface area contributed by atoms with Gasteiger partial charge in [-0.2, -0.15) is 0 Å². The molecule has 31 heavy (non-hydrogen) atoms. The molecule has 2 aromatic carbocycles. The number of aromatic nitrogens is 4. The Morgan fingerprint density at radius 1 is 1.00 bits per heavy atom. The van der Waals surface area contributed by atoms with E-state index in [9.17, 15) is 9.18 Å². The Balaban J connectivity index is 1.47. The van der Waals surface area contributed by atoms with Gasteiger partial charge in [-0.25, -0.2) is 4.39 Å². The number of amides is 1. The van der Waals surface area contributed by atoms with Crippen LogP contribution in [-0.2, 0) is 11.2 Å². The first-order valence-corrected chi connectivity index (χ1v) is 10.7. The number of nitrogens with zero attached hydrogens (tertiary/aromatic N) is 4. The van der Waals surface area contributed by atoms with Crippen LogP contribution >= 0.6 is 11.8 Å². The molecule has 0 saturated carbocycles. The van der Waals surface area contributed by atoms with Gasteiger partial charge in [0, 0.05) is 30.2 Å². The van der Waals surface area contributed by atoms with Gasteiger partial charge in [0.1, 0.15) is 5.82 Å². The Labute approximate surface area is 183 Å². The Morgan fingerprint density at radius 2 is 1.81 bits per heavy atom. The summed E-state index contributed by atoms with van der Waals surface area (Å²) in [7, 11) is 0. The molecule has 1 N–H and O–H groups in total. The van der Waals surface area contributed by atoms with Crippen molar-refractivity contribution in [1.29, 1.82) is 0 Å². The van der Waals surface area contributed by atoms with Crippen molar-refractivity contribution in [2.75, 3.05) is 12.3 Å². The molecule has 4 aromatic rings. The number of nitrogens with one attached hydrogen (secondary N) is 1. The molecule has 0 aliphatic heterocycles. The smallest absolute Gasteiger partial charge is 0.230 e. The largest absolute Gasteiger partial charge is 0.355 e. The van der Waals surface area contributed by atoms with Crippen LogP contribution in [0.4, 0.5) is 4.39 Å². The van der Waals surface area contributed by atoms with Gasteiger partial charge in [0.15, 0.2) is 11.0 Å². The third-order valence-corrected chi connectivity index (χ3v) is 5.48. The molecule has 0 saturated heterocycles. The fourth-order valence-corrected chi connectivity index (χ4v) is 3.82. The Morgan fingerprint density at radius 3 is 2.55 bits per heavy atom. The quantitative estimate of drug-likeness (QED) is 0.427. The highest BCUT2D eigenvalue weighted by atomic mass is 32.2. The summed E-state index contributed by atoms with van der Waals surface area (Å²) in [6.45, 7) is 0.564. The zero-order chi connectivity index (χ0) is 21.5. The van der Waals surface area contributed by atoms with Gasteiger partial charge < -0.3 is 5.32 Å². The van der Waals surface area contributed by atoms with Crippen LogP contribution < -0.4 is 5.32 Å². The standard InChI is InChI=1S/C23H20FN5OS/c24-19-8-10-20(11-9-19)29-22(18-7-4-13-25-15-18)27-28-23(29)31-16-21(30)26-14-12-17-5-2-1-3-6-17/h1-11,13,15H,12,14,16H2,(H,26,30). The summed E-state index contributed by atoms with van der Waals surface area (Å²) in [5, 5.41) is 12.0. The average Bonchev–Trinajstić information content (AvgIpc) is 3.23. The first-order valence-electron chi connectivity index (χ1n) is 9.76. The van der Waals surface area contributed by atoms with Crippen molar-refractivity contribution in [3.8, 4) is 17.1 Å². The fourth-order valence-electron chi connectivity index (χ4n) is 3.04. The van der Waals surface area contributed by atoms with E-state index in [0.29, 0.717) is 23.2 Å². The summed E-state index contributed by atoms with van der Waals surface area (Å²) in [5.74, 6) is 0.359. The number of thioether (sulfide) groups is 1. The van der Waals surface area contributed by atoms with Gasteiger partial charge in [0.05, 0.1) is 5.75 Å². The van der Waals surface area contributed by atoms with Gasteiger partial charge in [-0.05, 0) is 48.4 Å². The Bertz CT molecular complexity index is 1130. The number of halogens is 1. The molecule has 0 bridgehead atoms. The summed E-state index contributed by atoms with van der Waals surface area (Å²) in [6, 6.07) is 19.8. The van der Waals surface area contributed by atoms with Crippen molar-refractivity contribution < 1.29 is 9.18 Å². The van der Waals surface area contributed by atoms with Crippen LogP contribution in [-0.4, -0.2) is 38.0 Å². The molecule has 0 aliphatic rings. The number of pyridine rings is 1. The average molecular weight is 434 g/mol. The first-order chi connectivity index (χ1) is 15.2. The van der Waals surface area contributed by atoms with E-state index in [-0.39, 0.29) is 17.5 Å². The molecule has 0 spiro atoms. The molecule has 4 rings (SSSR count). The van der Waals surface area contributed by atoms with Gasteiger partial charge >= 0.3 is 0 Å². The van der Waals surface area contributed by atoms with Crippen LogP contribution in [0.1, 0.15) is 5.56 Å². The van der Waals surface area contributed by atoms with E-state index in [2.05, 4.69) is 20.5 Å². The molecule has 0 unspecified atom stereocenters. The second-order valence-corrected chi connectivity index (χ2v) is 7.68. The van der Waals surface area contributed by atoms with E-state index in [0.717, 1.165) is 12.0 Å². The van der Waals surface area contributed by atoms with Crippen LogP contribution in [0.15, 0.2) is 84.3 Å². The van der Waals surface area contributed by atoms with Crippen molar-refractivity contribution in [3.63, 3.8) is 0 Å². The maximum absolute atomic E-state index is 13.4. The molecule has 2 heterocycles. The van der Waals surface area contributed by atoms with Crippen LogP contribution in [0.2, 0.25) is 0 Å². The molecular formula is C23H20FN5OS. The van der Waals surface area contributed by atoms with E-state index < -0.39 is 0 Å². The third-order valence-electron chi connectivity index (χ3n) is 4.55. The summed E-state index contributed by atoms with van der Waals surface area (Å²) in [5.41, 5.74) is 2.66. The number of benzene rings is 2. The predicted octanol–water partition coefficient (Wildman–Crippen LogP) is 3.92. The van der Waals surface area contributed by atoms with Crippen LogP contribution in [0.25, 0.3) is 17.1 Å². The van der Waals surface area contributed by atoms with Gasteiger partial charge in [0.2, 0.25) is 5.91 Å². The minimum Gasteiger partial charge on any atom is -0.355 e. The van der Waals surface area contributed by atoms with Crippen LogP contribution in [0.3, 0.4) is 0 Å². The fraction of sp³-hybridized carbons (Fsp3) is 0.130. The second kappa shape index (κ2) is 9.99. The van der Waals surface area contributed by atoms with E-state index in [1.807, 2.05) is 42.5 Å². The van der Waals surface area contributed by atoms with Gasteiger partial charge in [-0.3, -0.25) is 14.3 Å². The topological polar surface area (TPSA) is 72.7 Å². The SMILES string of the molecule is O=C(CSc1nnc(-c2cccnc2)n1-c1ccc(F)cc1)NCCc1ccccc1. The lowest BCUT2D eigenvalue weighted by Gasteiger charge is -2.10. The minimum atomic E-state index is -0.327. The van der Waals surface area contributed by atoms with E-state index in [4.69, 9.17) is 0 Å². The van der Waals surface area contributed by atoms with Gasteiger partial charge in [-0.1, -0.05) is 42.1 Å². The number of hydrogen-bond donors (Lipinski definition) is 1. The van der Waals surface area contributed by atoms with Crippen molar-refractivity contribution in [3.05, 3.63) is 90.5 Å². The predicted molar refractivity (Wildman–Crippen MR) is 118 cm³/mol. The summed E-state index contributed by atoms with van der Waals surface area (Å²) >= 11 is 1.28. The molecule has 0 aliphatic carbocycles. The minimum absolute atomic E-state index is 0.0856. The molecule has 156 valence electrons. The van der Waals surface area contributed by atoms with Crippen molar-refractivity contribution in [2.24, 2.45) is 0 Å². The number of rotatable bonds is 8. The van der Waals surface area contributed by atoms with E-state index in [1.165, 1.54) is 29.5 Å². The molecule has 0 fully saturated rings. The lowest BCUT2D eigenvalue weighted by atomic mass is 10.1. The maximum atomic E-state index is 13.4. The van der Waals surface area contributed by atoms with Gasteiger partial charge in [0.25, 0.3) is 0 Å². The highest BCUT2D eigenvalue weighted by Crippen LogP contribution is 2.27. The molecule has 1 amide bonds. The number of carbonyl (C=O) groups excluding carboxylic acids is 1. The van der Waals surface area contributed by atoms with Crippen molar-refractivity contribution in [1.82, 2.24) is 25.1 Å². The molecule has 8 heteroatoms. The molecule has 0 radical (unpaired) electrons. The lowest BCUT2D eigenvalue weighted by molar-refractivity contribution is -0.118. The maximum Gasteiger partial charge on any atom is 0.230 e. The molecule has 0 atom stereocenters. The normalized spacial score (nSPS) is 10.7. The zero-order valence-electron chi connectivity index (χ0n) is 16.6. The lowest BCUT2D eigenvalue weighted by Crippen LogP contribution is -2.27. The zero-order valence-corrected chi connectivity index (χ0v) is 17.4. The Hall–Kier alpha value is -3.52. The highest BCUT2D eigenvalue weighted by molar-refractivity contribution is 7.99. The van der Waals surface area contributed by atoms with Crippen molar-refractivity contribution >= 4 is 17.7 Å². The third kappa shape index (κ3) is 5.35. The van der Waals surface area contributed by atoms with E-state index in [1.54, 1.807) is 29.1 Å². The highest BCUT2D eigenvalue weighted by Gasteiger charge is 2.17. The molecule has 2 aromatic heterocycles. The molecular weight excluding hydrogens is 413 g/mol. The van der Waals surface area contributed by atoms with Crippen molar-refractivity contribution in [2.45, 2.75) is 11.6 Å². The summed E-state index contributed by atoms with van der Waals surface area (Å²) in [4.78, 5) is 16.5. The first kappa shape index (κ1) is 20.7. The van der Waals surface area contributed by atoms with Gasteiger partial charge in [-0.15, -0.1) is 10.2 Å². The van der Waals surface area contributed by atoms with E-state index >= 15 is 0 Å². The summed E-state index contributed by atoms with van der Waals surface area (Å²) in [6.07, 6.45) is 4.14. The Kier molecular flexibility index (Phi) is 6.68. The monoisotopic (exact) mass is 433 g/mol.